The molecule has 2 aromatic carbocycles. The van der Waals surface area contributed by atoms with Crippen molar-refractivity contribution in [3.8, 4) is 0 Å². The van der Waals surface area contributed by atoms with Crippen molar-refractivity contribution in [1.29, 1.82) is 0 Å². The fraction of sp³-hybridized carbons (Fsp3) is 0.241. The fourth-order valence-electron chi connectivity index (χ4n) is 4.71. The SMILES string of the molecule is CCn1ncc(NC(=O)c2ccc3c(c2)c(C)c(C)n3Cc2ccccc2)c1C(=O)Nc1cnn(C)c1C. The van der Waals surface area contributed by atoms with E-state index in [9.17, 15) is 9.59 Å². The summed E-state index contributed by atoms with van der Waals surface area (Å²) >= 11 is 0. The van der Waals surface area contributed by atoms with Crippen LogP contribution in [0.1, 0.15) is 50.3 Å². The Hall–Kier alpha value is -4.66. The molecule has 0 radical (unpaired) electrons. The van der Waals surface area contributed by atoms with Gasteiger partial charge in [0.2, 0.25) is 0 Å². The predicted octanol–water partition coefficient (Wildman–Crippen LogP) is 5.07. The average Bonchev–Trinajstić information content (AvgIpc) is 3.55. The maximum atomic E-state index is 13.3. The highest BCUT2D eigenvalue weighted by Crippen LogP contribution is 2.28. The third kappa shape index (κ3) is 4.47. The largest absolute Gasteiger partial charge is 0.340 e. The van der Waals surface area contributed by atoms with E-state index in [-0.39, 0.29) is 17.5 Å². The third-order valence-corrected chi connectivity index (χ3v) is 7.17. The highest BCUT2D eigenvalue weighted by Gasteiger charge is 2.22. The Morgan fingerprint density at radius 3 is 2.26 bits per heavy atom. The summed E-state index contributed by atoms with van der Waals surface area (Å²) in [6.07, 6.45) is 3.11. The van der Waals surface area contributed by atoms with Gasteiger partial charge in [0.1, 0.15) is 5.69 Å². The van der Waals surface area contributed by atoms with E-state index < -0.39 is 0 Å². The molecule has 9 nitrogen and oxygen atoms in total. The minimum absolute atomic E-state index is 0.284. The van der Waals surface area contributed by atoms with Crippen LogP contribution in [0.5, 0.6) is 0 Å². The second-order valence-corrected chi connectivity index (χ2v) is 9.41. The second-order valence-electron chi connectivity index (χ2n) is 9.41. The van der Waals surface area contributed by atoms with E-state index in [1.54, 1.807) is 15.6 Å². The molecule has 5 rings (SSSR count). The van der Waals surface area contributed by atoms with Crippen molar-refractivity contribution in [2.24, 2.45) is 7.05 Å². The number of benzene rings is 2. The van der Waals surface area contributed by atoms with Crippen LogP contribution in [0.3, 0.4) is 0 Å². The van der Waals surface area contributed by atoms with Crippen molar-refractivity contribution >= 4 is 34.1 Å². The average molecular weight is 510 g/mol. The van der Waals surface area contributed by atoms with Gasteiger partial charge < -0.3 is 15.2 Å². The number of carbonyl (C=O) groups is 2. The molecule has 3 aromatic heterocycles. The van der Waals surface area contributed by atoms with Crippen LogP contribution in [0.15, 0.2) is 60.9 Å². The molecule has 38 heavy (non-hydrogen) atoms. The lowest BCUT2D eigenvalue weighted by Crippen LogP contribution is -2.21. The Morgan fingerprint density at radius 2 is 1.58 bits per heavy atom. The number of hydrogen-bond acceptors (Lipinski definition) is 4. The van der Waals surface area contributed by atoms with Crippen LogP contribution in [-0.2, 0) is 20.1 Å². The molecule has 0 spiro atoms. The summed E-state index contributed by atoms with van der Waals surface area (Å²) in [6.45, 7) is 9.18. The summed E-state index contributed by atoms with van der Waals surface area (Å²) in [6, 6.07) is 16.0. The smallest absolute Gasteiger partial charge is 0.276 e. The summed E-state index contributed by atoms with van der Waals surface area (Å²) in [5, 5.41) is 15.3. The van der Waals surface area contributed by atoms with Gasteiger partial charge in [-0.15, -0.1) is 0 Å². The molecule has 2 N–H and O–H groups in total. The second kappa shape index (κ2) is 10.0. The fourth-order valence-corrected chi connectivity index (χ4v) is 4.71. The number of rotatable bonds is 7. The van der Waals surface area contributed by atoms with Crippen LogP contribution < -0.4 is 10.6 Å². The highest BCUT2D eigenvalue weighted by molar-refractivity contribution is 6.12. The summed E-state index contributed by atoms with van der Waals surface area (Å²) < 4.78 is 5.52. The zero-order valence-electron chi connectivity index (χ0n) is 22.2. The lowest BCUT2D eigenvalue weighted by molar-refractivity contribution is 0.101. The Balaban J connectivity index is 1.42. The summed E-state index contributed by atoms with van der Waals surface area (Å²) in [4.78, 5) is 26.5. The zero-order valence-corrected chi connectivity index (χ0v) is 22.2. The lowest BCUT2D eigenvalue weighted by Gasteiger charge is -2.11. The molecule has 0 fully saturated rings. The molecular weight excluding hydrogens is 478 g/mol. The van der Waals surface area contributed by atoms with Gasteiger partial charge >= 0.3 is 0 Å². The maximum Gasteiger partial charge on any atom is 0.276 e. The number of aromatic nitrogens is 5. The summed E-state index contributed by atoms with van der Waals surface area (Å²) in [5.74, 6) is -0.669. The van der Waals surface area contributed by atoms with Gasteiger partial charge in [-0.2, -0.15) is 10.2 Å². The highest BCUT2D eigenvalue weighted by atomic mass is 16.2. The molecule has 0 aliphatic carbocycles. The Morgan fingerprint density at radius 1 is 0.868 bits per heavy atom. The van der Waals surface area contributed by atoms with E-state index in [2.05, 4.69) is 51.4 Å². The van der Waals surface area contributed by atoms with E-state index in [1.165, 1.54) is 11.8 Å². The van der Waals surface area contributed by atoms with Crippen molar-refractivity contribution in [2.45, 2.75) is 40.8 Å². The normalized spacial score (nSPS) is 11.2. The van der Waals surface area contributed by atoms with E-state index in [0.717, 1.165) is 34.4 Å². The predicted molar refractivity (Wildman–Crippen MR) is 149 cm³/mol. The summed E-state index contributed by atoms with van der Waals surface area (Å²) in [5.41, 5.74) is 7.17. The van der Waals surface area contributed by atoms with Gasteiger partial charge in [-0.05, 0) is 57.0 Å². The quantitative estimate of drug-likeness (QED) is 0.320. The molecule has 0 atom stereocenters. The van der Waals surface area contributed by atoms with Crippen LogP contribution >= 0.6 is 0 Å². The van der Waals surface area contributed by atoms with Crippen LogP contribution in [0, 0.1) is 20.8 Å². The third-order valence-electron chi connectivity index (χ3n) is 7.17. The van der Waals surface area contributed by atoms with Crippen LogP contribution in [0.2, 0.25) is 0 Å². The van der Waals surface area contributed by atoms with Crippen molar-refractivity contribution in [3.05, 3.63) is 94.7 Å². The first-order valence-corrected chi connectivity index (χ1v) is 12.6. The van der Waals surface area contributed by atoms with E-state index >= 15 is 0 Å². The number of hydrogen-bond donors (Lipinski definition) is 2. The number of fused-ring (bicyclic) bond motifs is 1. The number of aryl methyl sites for hydroxylation is 3. The number of nitrogens with one attached hydrogen (secondary N) is 2. The standard InChI is InChI=1S/C29H31N7O2/c1-6-36-27(29(38)32-24-15-30-34(5)20(24)4)25(16-31-36)33-28(37)22-12-13-26-23(14-22)18(2)19(3)35(26)17-21-10-8-7-9-11-21/h7-16H,6,17H2,1-5H3,(H,32,38)(H,33,37). The molecule has 0 saturated heterocycles. The number of carbonyl (C=O) groups excluding carboxylic acids is 2. The molecule has 0 aliphatic heterocycles. The minimum atomic E-state index is -0.365. The lowest BCUT2D eigenvalue weighted by atomic mass is 10.1. The topological polar surface area (TPSA) is 98.8 Å². The summed E-state index contributed by atoms with van der Waals surface area (Å²) in [7, 11) is 1.81. The number of amides is 2. The molecule has 2 amide bonds. The molecule has 0 aliphatic rings. The number of nitrogens with zero attached hydrogens (tertiary/aromatic N) is 5. The van der Waals surface area contributed by atoms with E-state index in [1.807, 2.05) is 57.3 Å². The molecular formula is C29H31N7O2. The van der Waals surface area contributed by atoms with Crippen LogP contribution in [0.4, 0.5) is 11.4 Å². The Labute approximate surface area is 221 Å². The molecule has 5 aromatic rings. The Kier molecular flexibility index (Phi) is 6.59. The van der Waals surface area contributed by atoms with Gasteiger partial charge in [-0.1, -0.05) is 30.3 Å². The molecule has 0 bridgehead atoms. The molecule has 3 heterocycles. The van der Waals surface area contributed by atoms with Gasteiger partial charge in [-0.3, -0.25) is 19.0 Å². The van der Waals surface area contributed by atoms with E-state index in [4.69, 9.17) is 0 Å². The first kappa shape index (κ1) is 25.0. The van der Waals surface area contributed by atoms with Crippen molar-refractivity contribution < 1.29 is 9.59 Å². The maximum absolute atomic E-state index is 13.3. The molecule has 0 unspecified atom stereocenters. The van der Waals surface area contributed by atoms with Crippen molar-refractivity contribution in [3.63, 3.8) is 0 Å². The minimum Gasteiger partial charge on any atom is -0.340 e. The molecule has 0 saturated carbocycles. The van der Waals surface area contributed by atoms with Gasteiger partial charge in [-0.25, -0.2) is 0 Å². The van der Waals surface area contributed by atoms with Gasteiger partial charge in [0.25, 0.3) is 11.8 Å². The van der Waals surface area contributed by atoms with Gasteiger partial charge in [0.15, 0.2) is 0 Å². The van der Waals surface area contributed by atoms with E-state index in [0.29, 0.717) is 23.5 Å². The monoisotopic (exact) mass is 509 g/mol. The Bertz CT molecular complexity index is 1660. The molecule has 9 heteroatoms. The first-order valence-electron chi connectivity index (χ1n) is 12.6. The van der Waals surface area contributed by atoms with Crippen LogP contribution in [-0.4, -0.2) is 35.9 Å². The molecule has 194 valence electrons. The number of anilines is 2. The van der Waals surface area contributed by atoms with Crippen molar-refractivity contribution in [2.75, 3.05) is 10.6 Å². The zero-order chi connectivity index (χ0) is 27.0. The van der Waals surface area contributed by atoms with Gasteiger partial charge in [0, 0.05) is 42.3 Å². The van der Waals surface area contributed by atoms with Gasteiger partial charge in [0.05, 0.1) is 29.5 Å². The first-order chi connectivity index (χ1) is 18.3. The van der Waals surface area contributed by atoms with Crippen molar-refractivity contribution in [1.82, 2.24) is 24.1 Å². The van der Waals surface area contributed by atoms with Crippen LogP contribution in [0.25, 0.3) is 10.9 Å².